The van der Waals surface area contributed by atoms with Crippen molar-refractivity contribution in [3.63, 3.8) is 0 Å². The van der Waals surface area contributed by atoms with Crippen LogP contribution in [0.4, 0.5) is 0 Å². The van der Waals surface area contributed by atoms with Gasteiger partial charge in [-0.05, 0) is 60.9 Å². The smallest absolute Gasteiger partial charge is 0.270 e. The number of rotatable bonds is 9. The Kier molecular flexibility index (Phi) is 8.63. The molecule has 0 spiro atoms. The zero-order chi connectivity index (χ0) is 27.4. The molecule has 5 rings (SSSR count). The number of benzene rings is 2. The van der Waals surface area contributed by atoms with Crippen LogP contribution in [-0.4, -0.2) is 47.5 Å². The summed E-state index contributed by atoms with van der Waals surface area (Å²) < 4.78 is 11.7. The summed E-state index contributed by atoms with van der Waals surface area (Å²) in [5.41, 5.74) is 5.04. The second kappa shape index (κ2) is 12.3. The molecule has 2 unspecified atom stereocenters. The summed E-state index contributed by atoms with van der Waals surface area (Å²) in [7, 11) is 0. The number of thiazole rings is 1. The molecule has 2 amide bonds. The number of hydrogen-bond donors (Lipinski definition) is 1. The fourth-order valence-corrected chi connectivity index (χ4v) is 5.94. The van der Waals surface area contributed by atoms with E-state index in [4.69, 9.17) is 9.47 Å². The van der Waals surface area contributed by atoms with Crippen LogP contribution in [0.15, 0.2) is 47.8 Å². The van der Waals surface area contributed by atoms with Crippen LogP contribution >= 0.6 is 11.3 Å². The largest absolute Gasteiger partial charge is 0.486 e. The molecule has 7 nitrogen and oxygen atoms in total. The Morgan fingerprint density at radius 2 is 2.03 bits per heavy atom. The van der Waals surface area contributed by atoms with Crippen molar-refractivity contribution in [3.8, 4) is 5.75 Å². The predicted molar refractivity (Wildman–Crippen MR) is 152 cm³/mol. The highest BCUT2D eigenvalue weighted by atomic mass is 32.1. The molecule has 0 aliphatic carbocycles. The summed E-state index contributed by atoms with van der Waals surface area (Å²) in [6, 6.07) is 14.5. The normalized spacial score (nSPS) is 18.7. The molecule has 1 N–H and O–H groups in total. The van der Waals surface area contributed by atoms with E-state index in [9.17, 15) is 9.59 Å². The number of hydrogen-bond acceptors (Lipinski definition) is 6. The third-order valence-electron chi connectivity index (χ3n) is 7.30. The average molecular weight is 548 g/mol. The van der Waals surface area contributed by atoms with Crippen molar-refractivity contribution in [2.24, 2.45) is 5.92 Å². The first-order valence-corrected chi connectivity index (χ1v) is 14.7. The van der Waals surface area contributed by atoms with Crippen LogP contribution in [0.2, 0.25) is 0 Å². The number of nitrogens with one attached hydrogen (secondary N) is 1. The quantitative estimate of drug-likeness (QED) is 0.385. The molecule has 0 saturated carbocycles. The van der Waals surface area contributed by atoms with Crippen molar-refractivity contribution in [2.45, 2.75) is 65.2 Å². The molecule has 2 aromatic carbocycles. The highest BCUT2D eigenvalue weighted by Gasteiger charge is 2.32. The Labute approximate surface area is 234 Å². The van der Waals surface area contributed by atoms with Crippen molar-refractivity contribution in [2.75, 3.05) is 19.7 Å². The zero-order valence-corrected chi connectivity index (χ0v) is 23.8. The Morgan fingerprint density at radius 1 is 1.21 bits per heavy atom. The van der Waals surface area contributed by atoms with Gasteiger partial charge in [-0.3, -0.25) is 9.59 Å². The van der Waals surface area contributed by atoms with Gasteiger partial charge in [-0.1, -0.05) is 49.7 Å². The van der Waals surface area contributed by atoms with Gasteiger partial charge in [0.2, 0.25) is 5.91 Å². The average Bonchev–Trinajstić information content (AvgIpc) is 3.62. The number of aryl methyl sites for hydroxylation is 1. The second-order valence-electron chi connectivity index (χ2n) is 10.9. The van der Waals surface area contributed by atoms with Gasteiger partial charge in [0.25, 0.3) is 5.91 Å². The van der Waals surface area contributed by atoms with Crippen molar-refractivity contribution in [1.82, 2.24) is 15.2 Å². The first kappa shape index (κ1) is 27.3. The highest BCUT2D eigenvalue weighted by molar-refractivity contribution is 7.09. The monoisotopic (exact) mass is 547 g/mol. The first-order chi connectivity index (χ1) is 18.9. The van der Waals surface area contributed by atoms with Gasteiger partial charge in [0.05, 0.1) is 12.1 Å². The van der Waals surface area contributed by atoms with Crippen molar-refractivity contribution in [3.05, 3.63) is 80.8 Å². The molecule has 1 fully saturated rings. The lowest BCUT2D eigenvalue weighted by Crippen LogP contribution is -2.41. The van der Waals surface area contributed by atoms with E-state index in [1.54, 1.807) is 5.38 Å². The molecule has 39 heavy (non-hydrogen) atoms. The minimum atomic E-state index is -0.186. The van der Waals surface area contributed by atoms with Crippen molar-refractivity contribution >= 4 is 23.2 Å². The molecule has 2 atom stereocenters. The maximum absolute atomic E-state index is 13.3. The van der Waals surface area contributed by atoms with Crippen LogP contribution in [0.25, 0.3) is 0 Å². The van der Waals surface area contributed by atoms with Gasteiger partial charge in [-0.2, -0.15) is 0 Å². The van der Waals surface area contributed by atoms with Gasteiger partial charge in [0, 0.05) is 31.5 Å². The summed E-state index contributed by atoms with van der Waals surface area (Å²) in [5, 5.41) is 5.42. The number of carbonyl (C=O) groups excluding carboxylic acids is 2. The summed E-state index contributed by atoms with van der Waals surface area (Å²) in [6.07, 6.45) is 3.46. The summed E-state index contributed by atoms with van der Waals surface area (Å²) >= 11 is 1.41. The van der Waals surface area contributed by atoms with E-state index in [1.807, 2.05) is 11.0 Å². The number of amides is 2. The van der Waals surface area contributed by atoms with E-state index >= 15 is 0 Å². The fraction of sp³-hybridized carbons (Fsp3) is 0.452. The van der Waals surface area contributed by atoms with E-state index in [1.165, 1.54) is 22.5 Å². The van der Waals surface area contributed by atoms with E-state index in [2.05, 4.69) is 67.5 Å². The van der Waals surface area contributed by atoms with Gasteiger partial charge in [-0.25, -0.2) is 4.98 Å². The molecule has 1 aromatic heterocycles. The van der Waals surface area contributed by atoms with Crippen LogP contribution in [0.5, 0.6) is 5.75 Å². The Bertz CT molecular complexity index is 1300. The van der Waals surface area contributed by atoms with Crippen LogP contribution in [0.3, 0.4) is 0 Å². The topological polar surface area (TPSA) is 80.8 Å². The van der Waals surface area contributed by atoms with Crippen LogP contribution in [-0.2, 0) is 22.6 Å². The summed E-state index contributed by atoms with van der Waals surface area (Å²) in [6.45, 7) is 8.49. The molecule has 2 aliphatic rings. The molecule has 3 aromatic rings. The maximum Gasteiger partial charge on any atom is 0.270 e. The summed E-state index contributed by atoms with van der Waals surface area (Å²) in [5.74, 6) is 1.02. The lowest BCUT2D eigenvalue weighted by atomic mass is 9.87. The number of nitrogens with zero attached hydrogens (tertiary/aromatic N) is 2. The Hall–Kier alpha value is -3.23. The number of fused-ring (bicyclic) bond motifs is 1. The molecule has 8 heteroatoms. The third kappa shape index (κ3) is 6.68. The molecule has 0 bridgehead atoms. The van der Waals surface area contributed by atoms with Crippen molar-refractivity contribution < 1.29 is 19.1 Å². The Morgan fingerprint density at radius 3 is 2.77 bits per heavy atom. The molecule has 206 valence electrons. The molecule has 3 heterocycles. The van der Waals surface area contributed by atoms with Gasteiger partial charge < -0.3 is 19.7 Å². The SMILES string of the molecule is Cc1ccc(C2c3cc(OCc4nc(C(=O)NCC5CCCO5)cs4)ccc3CCN2C(=O)CC(C)C)cc1. The molecule has 2 aliphatic heterocycles. The lowest BCUT2D eigenvalue weighted by Gasteiger charge is -2.38. The van der Waals surface area contributed by atoms with Crippen LogP contribution < -0.4 is 10.1 Å². The molecular formula is C31H37N3O4S. The van der Waals surface area contributed by atoms with Crippen LogP contribution in [0.1, 0.15) is 76.9 Å². The standard InChI is InChI=1S/C31H37N3O4S/c1-20(2)15-29(35)34-13-12-22-10-11-24(16-26(22)30(34)23-8-6-21(3)7-9-23)38-18-28-33-27(19-39-28)31(36)32-17-25-5-4-14-37-25/h6-11,16,19-20,25,30H,4-5,12-15,17-18H2,1-3H3,(H,32,36). The predicted octanol–water partition coefficient (Wildman–Crippen LogP) is 5.46. The highest BCUT2D eigenvalue weighted by Crippen LogP contribution is 2.38. The van der Waals surface area contributed by atoms with E-state index in [0.29, 0.717) is 31.1 Å². The molecular weight excluding hydrogens is 510 g/mol. The number of aromatic nitrogens is 1. The zero-order valence-electron chi connectivity index (χ0n) is 22.9. The fourth-order valence-electron chi connectivity index (χ4n) is 5.26. The van der Waals surface area contributed by atoms with Gasteiger partial charge in [-0.15, -0.1) is 11.3 Å². The van der Waals surface area contributed by atoms with Gasteiger partial charge in [0.1, 0.15) is 23.1 Å². The Balaban J connectivity index is 1.30. The van der Waals surface area contributed by atoms with Gasteiger partial charge >= 0.3 is 0 Å². The number of carbonyl (C=O) groups is 2. The minimum Gasteiger partial charge on any atom is -0.486 e. The first-order valence-electron chi connectivity index (χ1n) is 13.8. The van der Waals surface area contributed by atoms with E-state index < -0.39 is 0 Å². The van der Waals surface area contributed by atoms with E-state index in [0.717, 1.165) is 47.8 Å². The maximum atomic E-state index is 13.3. The van der Waals surface area contributed by atoms with Gasteiger partial charge in [0.15, 0.2) is 0 Å². The second-order valence-corrected chi connectivity index (χ2v) is 11.8. The number of ether oxygens (including phenoxy) is 2. The van der Waals surface area contributed by atoms with E-state index in [-0.39, 0.29) is 30.6 Å². The van der Waals surface area contributed by atoms with Crippen molar-refractivity contribution in [1.29, 1.82) is 0 Å². The summed E-state index contributed by atoms with van der Waals surface area (Å²) in [4.78, 5) is 32.3. The minimum absolute atomic E-state index is 0.0970. The lowest BCUT2D eigenvalue weighted by molar-refractivity contribution is -0.134. The molecule has 1 saturated heterocycles. The third-order valence-corrected chi connectivity index (χ3v) is 8.13. The molecule has 0 radical (unpaired) electrons. The van der Waals surface area contributed by atoms with Crippen LogP contribution in [0, 0.1) is 12.8 Å².